The smallest absolute Gasteiger partial charge is 0.303 e. The SMILES string of the molecule is CCCCCCCC/C=C\CCCCCCCCOP(=O)(O)O.CCCCCCCCCCCCCCCCCCOP(=O)(O)O. The summed E-state index contributed by atoms with van der Waals surface area (Å²) in [5, 5.41) is 0. The van der Waals surface area contributed by atoms with Crippen LogP contribution in [0.1, 0.15) is 206 Å². The fraction of sp³-hybridized carbons (Fsp3) is 0.944. The van der Waals surface area contributed by atoms with Crippen molar-refractivity contribution in [2.45, 2.75) is 206 Å². The third-order valence-corrected chi connectivity index (χ3v) is 9.21. The standard InChI is InChI=1S/C18H39O4P.C18H37O4P/c2*1-2-3-4-5-6-7-8-9-10-11-12-13-14-15-16-17-18-22-23(19,20)21/h2-18H2,1H3,(H2,19,20,21);9-10H,2-8,11-18H2,1H3,(H2,19,20,21)/b;10-9-. The summed E-state index contributed by atoms with van der Waals surface area (Å²) in [4.78, 5) is 34.1. The van der Waals surface area contributed by atoms with E-state index >= 15 is 0 Å². The average Bonchev–Trinajstić information content (AvgIpc) is 2.99. The number of phosphoric ester groups is 2. The molecular formula is C36H76O8P2. The van der Waals surface area contributed by atoms with Gasteiger partial charge in [-0.15, -0.1) is 0 Å². The number of allylic oxidation sites excluding steroid dienone is 2. The van der Waals surface area contributed by atoms with E-state index in [0.717, 1.165) is 38.5 Å². The summed E-state index contributed by atoms with van der Waals surface area (Å²) in [7, 11) is -8.52. The fourth-order valence-electron chi connectivity index (χ4n) is 5.37. The molecule has 0 heterocycles. The van der Waals surface area contributed by atoms with E-state index in [0.29, 0.717) is 0 Å². The highest BCUT2D eigenvalue weighted by Gasteiger charge is 2.13. The molecule has 0 aromatic heterocycles. The average molecular weight is 699 g/mol. The van der Waals surface area contributed by atoms with Crippen molar-refractivity contribution in [1.82, 2.24) is 0 Å². The van der Waals surface area contributed by atoms with Crippen LogP contribution in [-0.2, 0) is 18.2 Å². The predicted molar refractivity (Wildman–Crippen MR) is 195 cm³/mol. The monoisotopic (exact) mass is 699 g/mol. The lowest BCUT2D eigenvalue weighted by molar-refractivity contribution is 0.191. The van der Waals surface area contributed by atoms with Crippen LogP contribution in [0, 0.1) is 0 Å². The van der Waals surface area contributed by atoms with Crippen LogP contribution in [0.4, 0.5) is 0 Å². The summed E-state index contributed by atoms with van der Waals surface area (Å²) in [5.41, 5.74) is 0. The molecule has 0 rings (SSSR count). The van der Waals surface area contributed by atoms with Crippen molar-refractivity contribution in [3.63, 3.8) is 0 Å². The van der Waals surface area contributed by atoms with Gasteiger partial charge in [-0.1, -0.05) is 180 Å². The first-order valence-corrected chi connectivity index (χ1v) is 22.2. The van der Waals surface area contributed by atoms with Crippen LogP contribution in [0.25, 0.3) is 0 Å². The lowest BCUT2D eigenvalue weighted by atomic mass is 10.0. The molecule has 0 bridgehead atoms. The van der Waals surface area contributed by atoms with Crippen molar-refractivity contribution in [2.24, 2.45) is 0 Å². The Kier molecular flexibility index (Phi) is 39.5. The van der Waals surface area contributed by atoms with E-state index in [1.807, 2.05) is 0 Å². The minimum Gasteiger partial charge on any atom is -0.303 e. The molecule has 0 amide bonds. The maximum atomic E-state index is 10.5. The van der Waals surface area contributed by atoms with Gasteiger partial charge in [-0.25, -0.2) is 9.13 Å². The minimum atomic E-state index is -4.26. The van der Waals surface area contributed by atoms with Crippen LogP contribution in [-0.4, -0.2) is 32.8 Å². The van der Waals surface area contributed by atoms with Gasteiger partial charge in [0.25, 0.3) is 0 Å². The molecule has 0 saturated carbocycles. The number of hydrogen-bond donors (Lipinski definition) is 4. The molecule has 0 unspecified atom stereocenters. The Morgan fingerprint density at radius 1 is 0.370 bits per heavy atom. The lowest BCUT2D eigenvalue weighted by Gasteiger charge is -2.05. The number of phosphoric acid groups is 2. The van der Waals surface area contributed by atoms with E-state index in [4.69, 9.17) is 19.6 Å². The number of hydrogen-bond acceptors (Lipinski definition) is 4. The van der Waals surface area contributed by atoms with Gasteiger partial charge in [-0.2, -0.15) is 0 Å². The molecule has 278 valence electrons. The van der Waals surface area contributed by atoms with Crippen LogP contribution in [0.15, 0.2) is 12.2 Å². The normalized spacial score (nSPS) is 12.1. The summed E-state index contributed by atoms with van der Waals surface area (Å²) in [6.07, 6.45) is 42.4. The van der Waals surface area contributed by atoms with Crippen molar-refractivity contribution in [3.05, 3.63) is 12.2 Å². The molecule has 10 heteroatoms. The summed E-state index contributed by atoms with van der Waals surface area (Å²) in [5.74, 6) is 0. The van der Waals surface area contributed by atoms with Gasteiger partial charge >= 0.3 is 15.6 Å². The van der Waals surface area contributed by atoms with Crippen LogP contribution in [0.5, 0.6) is 0 Å². The largest absolute Gasteiger partial charge is 0.469 e. The molecular weight excluding hydrogens is 622 g/mol. The molecule has 0 atom stereocenters. The van der Waals surface area contributed by atoms with Crippen LogP contribution in [0.2, 0.25) is 0 Å². The molecule has 0 radical (unpaired) electrons. The lowest BCUT2D eigenvalue weighted by Crippen LogP contribution is -1.92. The number of unbranched alkanes of at least 4 members (excludes halogenated alkanes) is 27. The first kappa shape index (κ1) is 48.1. The molecule has 0 saturated heterocycles. The van der Waals surface area contributed by atoms with Crippen molar-refractivity contribution in [2.75, 3.05) is 13.2 Å². The summed E-state index contributed by atoms with van der Waals surface area (Å²) < 4.78 is 29.7. The van der Waals surface area contributed by atoms with Crippen molar-refractivity contribution < 1.29 is 37.8 Å². The zero-order chi connectivity index (χ0) is 34.5. The Morgan fingerprint density at radius 2 is 0.587 bits per heavy atom. The molecule has 46 heavy (non-hydrogen) atoms. The second-order valence-corrected chi connectivity index (χ2v) is 15.4. The maximum absolute atomic E-state index is 10.5. The van der Waals surface area contributed by atoms with Crippen LogP contribution < -0.4 is 0 Å². The molecule has 0 aromatic rings. The van der Waals surface area contributed by atoms with Crippen molar-refractivity contribution >= 4 is 15.6 Å². The second kappa shape index (κ2) is 37.8. The van der Waals surface area contributed by atoms with E-state index in [2.05, 4.69) is 35.0 Å². The van der Waals surface area contributed by atoms with E-state index in [1.54, 1.807) is 0 Å². The summed E-state index contributed by atoms with van der Waals surface area (Å²) in [6, 6.07) is 0. The van der Waals surface area contributed by atoms with E-state index in [1.165, 1.54) is 154 Å². The molecule has 0 aliphatic rings. The quantitative estimate of drug-likeness (QED) is 0.0292. The first-order chi connectivity index (χ1) is 22.1. The van der Waals surface area contributed by atoms with Gasteiger partial charge in [-0.05, 0) is 38.5 Å². The van der Waals surface area contributed by atoms with Gasteiger partial charge in [0.1, 0.15) is 0 Å². The summed E-state index contributed by atoms with van der Waals surface area (Å²) in [6.45, 7) is 4.85. The van der Waals surface area contributed by atoms with Gasteiger partial charge < -0.3 is 19.6 Å². The van der Waals surface area contributed by atoms with Crippen molar-refractivity contribution in [3.8, 4) is 0 Å². The first-order valence-electron chi connectivity index (χ1n) is 19.2. The topological polar surface area (TPSA) is 134 Å². The van der Waals surface area contributed by atoms with Gasteiger partial charge in [0.15, 0.2) is 0 Å². The predicted octanol–water partition coefficient (Wildman–Crippen LogP) is 12.5. The fourth-order valence-corrected chi connectivity index (χ4v) is 6.10. The number of rotatable bonds is 35. The highest BCUT2D eigenvalue weighted by atomic mass is 31.2. The molecule has 8 nitrogen and oxygen atoms in total. The molecule has 0 aliphatic carbocycles. The van der Waals surface area contributed by atoms with Crippen molar-refractivity contribution in [1.29, 1.82) is 0 Å². The third kappa shape index (κ3) is 50.8. The van der Waals surface area contributed by atoms with E-state index < -0.39 is 15.6 Å². The Labute approximate surface area is 284 Å². The van der Waals surface area contributed by atoms with Gasteiger partial charge in [0.05, 0.1) is 13.2 Å². The second-order valence-electron chi connectivity index (χ2n) is 12.9. The zero-order valence-electron chi connectivity index (χ0n) is 30.1. The third-order valence-electron chi connectivity index (χ3n) is 8.17. The van der Waals surface area contributed by atoms with Gasteiger partial charge in [0.2, 0.25) is 0 Å². The maximum Gasteiger partial charge on any atom is 0.469 e. The van der Waals surface area contributed by atoms with Crippen LogP contribution in [0.3, 0.4) is 0 Å². The molecule has 0 aromatic carbocycles. The van der Waals surface area contributed by atoms with Gasteiger partial charge in [0, 0.05) is 0 Å². The van der Waals surface area contributed by atoms with Gasteiger partial charge in [-0.3, -0.25) is 9.05 Å². The Bertz CT molecular complexity index is 708. The zero-order valence-corrected chi connectivity index (χ0v) is 31.9. The molecule has 0 fully saturated rings. The van der Waals surface area contributed by atoms with Crippen LogP contribution >= 0.6 is 15.6 Å². The highest BCUT2D eigenvalue weighted by molar-refractivity contribution is 7.46. The minimum absolute atomic E-state index is 0.158. The Hall–Kier alpha value is -0.0400. The molecule has 0 spiro atoms. The summed E-state index contributed by atoms with van der Waals surface area (Å²) >= 11 is 0. The molecule has 4 N–H and O–H groups in total. The van der Waals surface area contributed by atoms with E-state index in [-0.39, 0.29) is 13.2 Å². The highest BCUT2D eigenvalue weighted by Crippen LogP contribution is 2.36. The van der Waals surface area contributed by atoms with E-state index in [9.17, 15) is 9.13 Å². The molecule has 0 aliphatic heterocycles. The Morgan fingerprint density at radius 3 is 0.826 bits per heavy atom. The Balaban J connectivity index is 0.